The van der Waals surface area contributed by atoms with Gasteiger partial charge in [-0.05, 0) is 37.3 Å². The van der Waals surface area contributed by atoms with Crippen LogP contribution in [0.25, 0.3) is 0 Å². The lowest BCUT2D eigenvalue weighted by atomic mass is 9.98. The first-order valence-electron chi connectivity index (χ1n) is 6.61. The van der Waals surface area contributed by atoms with Crippen molar-refractivity contribution in [3.8, 4) is 0 Å². The van der Waals surface area contributed by atoms with Crippen molar-refractivity contribution >= 4 is 34.6 Å². The number of rotatable bonds is 2. The lowest BCUT2D eigenvalue weighted by Gasteiger charge is -2.25. The minimum absolute atomic E-state index is 0.620. The van der Waals surface area contributed by atoms with Crippen molar-refractivity contribution in [2.75, 3.05) is 23.7 Å². The van der Waals surface area contributed by atoms with Crippen LogP contribution in [-0.4, -0.2) is 13.1 Å². The Morgan fingerprint density at radius 1 is 1.22 bits per heavy atom. The van der Waals surface area contributed by atoms with E-state index in [1.165, 1.54) is 25.7 Å². The van der Waals surface area contributed by atoms with Crippen LogP contribution >= 0.6 is 23.2 Å². The largest absolute Gasteiger partial charge is 0.399 e. The van der Waals surface area contributed by atoms with Gasteiger partial charge in [-0.2, -0.15) is 0 Å². The fourth-order valence-corrected chi connectivity index (χ4v) is 3.43. The van der Waals surface area contributed by atoms with Crippen molar-refractivity contribution in [2.24, 2.45) is 5.92 Å². The number of halogens is 2. The standard InChI is InChI=1S/C14H20Cl2N2/c1-2-10-4-3-6-18(7-5-10)14-12(15)8-11(17)9-13(14)16/h8-10H,2-7,17H2,1H3. The van der Waals surface area contributed by atoms with Gasteiger partial charge in [0.05, 0.1) is 15.7 Å². The second kappa shape index (κ2) is 6.03. The summed E-state index contributed by atoms with van der Waals surface area (Å²) < 4.78 is 0. The van der Waals surface area contributed by atoms with Gasteiger partial charge in [-0.25, -0.2) is 0 Å². The average molecular weight is 287 g/mol. The molecule has 1 atom stereocenters. The second-order valence-electron chi connectivity index (χ2n) is 5.03. The summed E-state index contributed by atoms with van der Waals surface area (Å²) in [6, 6.07) is 3.57. The Morgan fingerprint density at radius 2 is 1.89 bits per heavy atom. The van der Waals surface area contributed by atoms with E-state index in [-0.39, 0.29) is 0 Å². The Hall–Kier alpha value is -0.600. The Morgan fingerprint density at radius 3 is 2.50 bits per heavy atom. The fourth-order valence-electron chi connectivity index (χ4n) is 2.68. The number of hydrogen-bond acceptors (Lipinski definition) is 2. The number of nitrogens with two attached hydrogens (primary N) is 1. The molecule has 18 heavy (non-hydrogen) atoms. The van der Waals surface area contributed by atoms with E-state index in [1.807, 2.05) is 0 Å². The van der Waals surface area contributed by atoms with E-state index < -0.39 is 0 Å². The van der Waals surface area contributed by atoms with Crippen molar-refractivity contribution in [3.05, 3.63) is 22.2 Å². The maximum atomic E-state index is 6.29. The summed E-state index contributed by atoms with van der Waals surface area (Å²) in [6.45, 7) is 4.32. The van der Waals surface area contributed by atoms with Gasteiger partial charge in [-0.15, -0.1) is 0 Å². The van der Waals surface area contributed by atoms with Crippen molar-refractivity contribution in [2.45, 2.75) is 32.6 Å². The summed E-state index contributed by atoms with van der Waals surface area (Å²) in [5, 5.41) is 1.32. The van der Waals surface area contributed by atoms with Crippen LogP contribution in [-0.2, 0) is 0 Å². The zero-order valence-electron chi connectivity index (χ0n) is 10.8. The summed E-state index contributed by atoms with van der Waals surface area (Å²) in [5.74, 6) is 0.835. The summed E-state index contributed by atoms with van der Waals surface area (Å²) in [4.78, 5) is 2.31. The Kier molecular flexibility index (Phi) is 4.63. The molecule has 1 unspecified atom stereocenters. The van der Waals surface area contributed by atoms with Crippen molar-refractivity contribution in [1.29, 1.82) is 0 Å². The first-order valence-corrected chi connectivity index (χ1v) is 7.37. The van der Waals surface area contributed by atoms with Gasteiger partial charge in [0.25, 0.3) is 0 Å². The predicted molar refractivity (Wildman–Crippen MR) is 80.7 cm³/mol. The molecule has 0 radical (unpaired) electrons. The van der Waals surface area contributed by atoms with Gasteiger partial charge in [0.2, 0.25) is 0 Å². The topological polar surface area (TPSA) is 29.3 Å². The third kappa shape index (κ3) is 3.04. The molecule has 1 aromatic carbocycles. The molecule has 2 rings (SSSR count). The molecule has 2 N–H and O–H groups in total. The van der Waals surface area contributed by atoms with Crippen LogP contribution in [0.15, 0.2) is 12.1 Å². The van der Waals surface area contributed by atoms with Crippen LogP contribution in [0.3, 0.4) is 0 Å². The van der Waals surface area contributed by atoms with Crippen LogP contribution in [0.4, 0.5) is 11.4 Å². The van der Waals surface area contributed by atoms with E-state index in [1.54, 1.807) is 12.1 Å². The molecule has 1 aliphatic heterocycles. The van der Waals surface area contributed by atoms with Crippen molar-refractivity contribution < 1.29 is 0 Å². The first-order chi connectivity index (χ1) is 8.61. The molecular formula is C14H20Cl2N2. The average Bonchev–Trinajstić information content (AvgIpc) is 2.53. The van der Waals surface area contributed by atoms with Gasteiger partial charge >= 0.3 is 0 Å². The molecule has 0 bridgehead atoms. The van der Waals surface area contributed by atoms with Crippen LogP contribution < -0.4 is 10.6 Å². The van der Waals surface area contributed by atoms with Gasteiger partial charge in [-0.3, -0.25) is 0 Å². The van der Waals surface area contributed by atoms with E-state index in [4.69, 9.17) is 28.9 Å². The van der Waals surface area contributed by atoms with Gasteiger partial charge in [0.1, 0.15) is 0 Å². The normalized spacial score (nSPS) is 20.8. The summed E-state index contributed by atoms with van der Waals surface area (Å²) in [7, 11) is 0. The molecule has 4 heteroatoms. The lowest BCUT2D eigenvalue weighted by molar-refractivity contribution is 0.459. The van der Waals surface area contributed by atoms with Gasteiger partial charge < -0.3 is 10.6 Å². The highest BCUT2D eigenvalue weighted by atomic mass is 35.5. The number of nitrogen functional groups attached to an aromatic ring is 1. The number of nitrogens with zero attached hydrogens (tertiary/aromatic N) is 1. The third-order valence-electron chi connectivity index (χ3n) is 3.78. The maximum absolute atomic E-state index is 6.29. The number of benzene rings is 1. The fraction of sp³-hybridized carbons (Fsp3) is 0.571. The molecule has 100 valence electrons. The molecule has 1 aromatic rings. The van der Waals surface area contributed by atoms with E-state index in [9.17, 15) is 0 Å². The molecule has 0 amide bonds. The highest BCUT2D eigenvalue weighted by molar-refractivity contribution is 6.39. The quantitative estimate of drug-likeness (QED) is 0.806. The van der Waals surface area contributed by atoms with Crippen molar-refractivity contribution in [1.82, 2.24) is 0 Å². The SMILES string of the molecule is CCC1CCCN(c2c(Cl)cc(N)cc2Cl)CC1. The van der Waals surface area contributed by atoms with Crippen LogP contribution in [0.1, 0.15) is 32.6 Å². The highest BCUT2D eigenvalue weighted by Crippen LogP contribution is 2.37. The minimum atomic E-state index is 0.620. The number of hydrogen-bond donors (Lipinski definition) is 1. The Bertz CT molecular complexity index is 397. The zero-order chi connectivity index (χ0) is 13.1. The smallest absolute Gasteiger partial charge is 0.0746 e. The molecule has 2 nitrogen and oxygen atoms in total. The van der Waals surface area contributed by atoms with E-state index in [0.717, 1.165) is 24.7 Å². The lowest BCUT2D eigenvalue weighted by Crippen LogP contribution is -2.25. The predicted octanol–water partition coefficient (Wildman–Crippen LogP) is 4.59. The van der Waals surface area contributed by atoms with Crippen LogP contribution in [0, 0.1) is 5.92 Å². The molecule has 1 aliphatic rings. The van der Waals surface area contributed by atoms with Gasteiger partial charge in [-0.1, -0.05) is 36.5 Å². The Balaban J connectivity index is 2.21. The zero-order valence-corrected chi connectivity index (χ0v) is 12.3. The first kappa shape index (κ1) is 13.8. The van der Waals surface area contributed by atoms with Crippen molar-refractivity contribution in [3.63, 3.8) is 0 Å². The molecule has 1 saturated heterocycles. The Labute approximate surface area is 119 Å². The summed E-state index contributed by atoms with van der Waals surface area (Å²) in [6.07, 6.45) is 4.98. The molecule has 1 heterocycles. The molecular weight excluding hydrogens is 267 g/mol. The number of anilines is 2. The molecule has 0 aliphatic carbocycles. The van der Waals surface area contributed by atoms with Gasteiger partial charge in [0.15, 0.2) is 0 Å². The molecule has 0 saturated carbocycles. The van der Waals surface area contributed by atoms with Gasteiger partial charge in [0, 0.05) is 18.8 Å². The molecule has 0 spiro atoms. The van der Waals surface area contributed by atoms with Crippen LogP contribution in [0.5, 0.6) is 0 Å². The molecule has 1 fully saturated rings. The highest BCUT2D eigenvalue weighted by Gasteiger charge is 2.20. The van der Waals surface area contributed by atoms with E-state index in [2.05, 4.69) is 11.8 Å². The molecule has 0 aromatic heterocycles. The minimum Gasteiger partial charge on any atom is -0.399 e. The third-order valence-corrected chi connectivity index (χ3v) is 4.36. The van der Waals surface area contributed by atoms with E-state index >= 15 is 0 Å². The monoisotopic (exact) mass is 286 g/mol. The second-order valence-corrected chi connectivity index (χ2v) is 5.84. The van der Waals surface area contributed by atoms with E-state index in [0.29, 0.717) is 15.7 Å². The summed E-state index contributed by atoms with van der Waals surface area (Å²) >= 11 is 12.6. The van der Waals surface area contributed by atoms with Crippen LogP contribution in [0.2, 0.25) is 10.0 Å². The summed E-state index contributed by atoms with van der Waals surface area (Å²) in [5.41, 5.74) is 7.31. The maximum Gasteiger partial charge on any atom is 0.0746 e.